The van der Waals surface area contributed by atoms with Gasteiger partial charge >= 0.3 is 0 Å². The molecule has 1 aromatic rings. The molecule has 0 N–H and O–H groups in total. The molecule has 0 heterocycles. The average molecular weight is 298 g/mol. The van der Waals surface area contributed by atoms with E-state index in [1.54, 1.807) is 0 Å². The monoisotopic (exact) mass is 298 g/mol. The van der Waals surface area contributed by atoms with E-state index in [4.69, 9.17) is 0 Å². The van der Waals surface area contributed by atoms with Gasteiger partial charge in [0.25, 0.3) is 0 Å². The fourth-order valence-corrected chi connectivity index (χ4v) is 3.81. The van der Waals surface area contributed by atoms with Crippen LogP contribution in [0.3, 0.4) is 0 Å². The molecular formula is C19H22O3. The zero-order chi connectivity index (χ0) is 15.7. The van der Waals surface area contributed by atoms with E-state index in [-0.39, 0.29) is 29.2 Å². The molecule has 0 bridgehead atoms. The van der Waals surface area contributed by atoms with Crippen LogP contribution in [0.25, 0.3) is 0 Å². The first-order valence-electron chi connectivity index (χ1n) is 8.22. The molecule has 1 aromatic carbocycles. The van der Waals surface area contributed by atoms with Crippen molar-refractivity contribution in [1.82, 2.24) is 0 Å². The topological polar surface area (TPSA) is 51.2 Å². The Bertz CT molecular complexity index is 576. The lowest BCUT2D eigenvalue weighted by atomic mass is 9.73. The molecule has 0 aliphatic heterocycles. The molecule has 22 heavy (non-hydrogen) atoms. The molecule has 2 aliphatic carbocycles. The van der Waals surface area contributed by atoms with Crippen LogP contribution in [-0.4, -0.2) is 17.3 Å². The summed E-state index contributed by atoms with van der Waals surface area (Å²) in [4.78, 5) is 37.3. The number of Topliss-reactive ketones (excluding diaryl/α,β-unsaturated/α-hetero) is 3. The Morgan fingerprint density at radius 3 is 2.05 bits per heavy atom. The van der Waals surface area contributed by atoms with Crippen molar-refractivity contribution in [3.8, 4) is 0 Å². The maximum absolute atomic E-state index is 12.5. The van der Waals surface area contributed by atoms with Gasteiger partial charge in [0.2, 0.25) is 0 Å². The van der Waals surface area contributed by atoms with Gasteiger partial charge in [-0.3, -0.25) is 14.4 Å². The Morgan fingerprint density at radius 2 is 1.50 bits per heavy atom. The molecule has 0 radical (unpaired) electrons. The normalized spacial score (nSPS) is 26.4. The van der Waals surface area contributed by atoms with E-state index in [1.807, 2.05) is 31.2 Å². The molecule has 2 fully saturated rings. The van der Waals surface area contributed by atoms with Crippen molar-refractivity contribution >= 4 is 17.3 Å². The van der Waals surface area contributed by atoms with Crippen molar-refractivity contribution in [3.05, 3.63) is 35.4 Å². The van der Waals surface area contributed by atoms with Crippen molar-refractivity contribution < 1.29 is 14.4 Å². The summed E-state index contributed by atoms with van der Waals surface area (Å²) in [6.45, 7) is 2.01. The van der Waals surface area contributed by atoms with Crippen molar-refractivity contribution in [2.45, 2.75) is 51.4 Å². The third-order valence-corrected chi connectivity index (χ3v) is 5.13. The van der Waals surface area contributed by atoms with Crippen LogP contribution >= 0.6 is 0 Å². The zero-order valence-electron chi connectivity index (χ0n) is 13.0. The van der Waals surface area contributed by atoms with E-state index in [0.29, 0.717) is 12.8 Å². The summed E-state index contributed by atoms with van der Waals surface area (Å²) in [5.41, 5.74) is 2.19. The fraction of sp³-hybridized carbons (Fsp3) is 0.526. The molecule has 2 saturated carbocycles. The summed E-state index contributed by atoms with van der Waals surface area (Å²) in [5.74, 6) is -1.53. The van der Waals surface area contributed by atoms with Gasteiger partial charge in [-0.2, -0.15) is 0 Å². The first-order chi connectivity index (χ1) is 10.6. The van der Waals surface area contributed by atoms with Gasteiger partial charge in [-0.25, -0.2) is 0 Å². The second-order valence-corrected chi connectivity index (χ2v) is 6.77. The number of carbonyl (C=O) groups excluding carboxylic acids is 3. The number of aryl methyl sites for hydroxylation is 1. The van der Waals surface area contributed by atoms with Crippen LogP contribution in [0.15, 0.2) is 24.3 Å². The second kappa shape index (κ2) is 6.15. The summed E-state index contributed by atoms with van der Waals surface area (Å²) in [6.07, 6.45) is 4.40. The molecule has 0 amide bonds. The van der Waals surface area contributed by atoms with E-state index in [9.17, 15) is 14.4 Å². The van der Waals surface area contributed by atoms with E-state index >= 15 is 0 Å². The summed E-state index contributed by atoms with van der Waals surface area (Å²) in [6, 6.07) is 7.97. The zero-order valence-corrected chi connectivity index (χ0v) is 13.0. The summed E-state index contributed by atoms with van der Waals surface area (Å²) in [5, 5.41) is 0. The number of hydrogen-bond acceptors (Lipinski definition) is 3. The summed E-state index contributed by atoms with van der Waals surface area (Å²) >= 11 is 0. The largest absolute Gasteiger partial charge is 0.298 e. The molecule has 3 nitrogen and oxygen atoms in total. The van der Waals surface area contributed by atoms with Crippen LogP contribution in [0.2, 0.25) is 0 Å². The Morgan fingerprint density at radius 1 is 0.955 bits per heavy atom. The number of benzene rings is 1. The second-order valence-electron chi connectivity index (χ2n) is 6.77. The van der Waals surface area contributed by atoms with Crippen LogP contribution in [0.5, 0.6) is 0 Å². The van der Waals surface area contributed by atoms with E-state index in [2.05, 4.69) is 0 Å². The van der Waals surface area contributed by atoms with Gasteiger partial charge < -0.3 is 0 Å². The van der Waals surface area contributed by atoms with E-state index < -0.39 is 5.92 Å². The lowest BCUT2D eigenvalue weighted by Crippen LogP contribution is -2.40. The van der Waals surface area contributed by atoms with Gasteiger partial charge in [-0.1, -0.05) is 42.7 Å². The third-order valence-electron chi connectivity index (χ3n) is 5.13. The van der Waals surface area contributed by atoms with Crippen LogP contribution in [-0.2, 0) is 14.4 Å². The van der Waals surface area contributed by atoms with Crippen LogP contribution in [0, 0.1) is 18.8 Å². The maximum Gasteiger partial charge on any atom is 0.153 e. The minimum absolute atomic E-state index is 0.0613. The first kappa shape index (κ1) is 15.1. The predicted molar refractivity (Wildman–Crippen MR) is 83.6 cm³/mol. The van der Waals surface area contributed by atoms with E-state index in [1.165, 1.54) is 0 Å². The highest BCUT2D eigenvalue weighted by atomic mass is 16.2. The highest BCUT2D eigenvalue weighted by Gasteiger charge is 2.43. The standard InChI is InChI=1S/C19H22O3/c1-12-6-8-13(9-7-12)15-10-16(20)18(17(21)11-15)19(22)14-4-2-3-5-14/h6-9,14-15,18H,2-5,10-11H2,1H3. The molecule has 3 rings (SSSR count). The van der Waals surface area contributed by atoms with Crippen LogP contribution in [0.4, 0.5) is 0 Å². The summed E-state index contributed by atoms with van der Waals surface area (Å²) < 4.78 is 0. The molecule has 3 heteroatoms. The SMILES string of the molecule is Cc1ccc(C2CC(=O)C(C(=O)C3CCCC3)C(=O)C2)cc1. The average Bonchev–Trinajstić information content (AvgIpc) is 3.01. The number of hydrogen-bond donors (Lipinski definition) is 0. The predicted octanol–water partition coefficient (Wildman–Crippen LogP) is 3.39. The number of carbonyl (C=O) groups is 3. The lowest BCUT2D eigenvalue weighted by Gasteiger charge is -2.27. The number of rotatable bonds is 3. The number of ketones is 3. The molecule has 0 atom stereocenters. The highest BCUT2D eigenvalue weighted by Crippen LogP contribution is 2.35. The molecular weight excluding hydrogens is 276 g/mol. The summed E-state index contributed by atoms with van der Waals surface area (Å²) in [7, 11) is 0. The molecule has 0 unspecified atom stereocenters. The minimum atomic E-state index is -0.968. The van der Waals surface area contributed by atoms with Gasteiger partial charge in [0.1, 0.15) is 5.92 Å². The highest BCUT2D eigenvalue weighted by molar-refractivity contribution is 6.21. The van der Waals surface area contributed by atoms with Crippen LogP contribution < -0.4 is 0 Å². The minimum Gasteiger partial charge on any atom is -0.298 e. The molecule has 0 aromatic heterocycles. The van der Waals surface area contributed by atoms with Gasteiger partial charge in [0, 0.05) is 18.8 Å². The van der Waals surface area contributed by atoms with Crippen molar-refractivity contribution in [2.24, 2.45) is 11.8 Å². The molecule has 0 saturated heterocycles. The van der Waals surface area contributed by atoms with E-state index in [0.717, 1.165) is 36.8 Å². The van der Waals surface area contributed by atoms with Crippen molar-refractivity contribution in [1.29, 1.82) is 0 Å². The Labute approximate surface area is 131 Å². The van der Waals surface area contributed by atoms with Crippen molar-refractivity contribution in [2.75, 3.05) is 0 Å². The maximum atomic E-state index is 12.5. The van der Waals surface area contributed by atoms with Gasteiger partial charge in [0.05, 0.1) is 0 Å². The molecule has 2 aliphatic rings. The Kier molecular flexibility index (Phi) is 4.23. The Balaban J connectivity index is 1.74. The molecule has 0 spiro atoms. The van der Waals surface area contributed by atoms with Gasteiger partial charge in [-0.05, 0) is 31.2 Å². The van der Waals surface area contributed by atoms with Gasteiger partial charge in [0.15, 0.2) is 17.3 Å². The first-order valence-corrected chi connectivity index (χ1v) is 8.22. The molecule has 116 valence electrons. The smallest absolute Gasteiger partial charge is 0.153 e. The van der Waals surface area contributed by atoms with Gasteiger partial charge in [-0.15, -0.1) is 0 Å². The lowest BCUT2D eigenvalue weighted by molar-refractivity contribution is -0.144. The van der Waals surface area contributed by atoms with Crippen molar-refractivity contribution in [3.63, 3.8) is 0 Å². The van der Waals surface area contributed by atoms with Crippen LogP contribution in [0.1, 0.15) is 55.6 Å². The third kappa shape index (κ3) is 2.90. The quantitative estimate of drug-likeness (QED) is 0.804. The Hall–Kier alpha value is -1.77. The fourth-order valence-electron chi connectivity index (χ4n) is 3.81.